The lowest BCUT2D eigenvalue weighted by molar-refractivity contribution is -0.116. The number of phenols is 1. The molecule has 15 heteroatoms. The van der Waals surface area contributed by atoms with Crippen molar-refractivity contribution < 1.29 is 27.9 Å². The maximum Gasteiger partial charge on any atom is 0.263 e. The third kappa shape index (κ3) is 5.41. The number of aromatic nitrogens is 4. The number of rotatable bonds is 6. The maximum atomic E-state index is 15.2. The fourth-order valence-electron chi connectivity index (χ4n) is 6.08. The summed E-state index contributed by atoms with van der Waals surface area (Å²) in [5, 5.41) is 12.0. The average molecular weight is 644 g/mol. The van der Waals surface area contributed by atoms with Crippen molar-refractivity contribution in [3.63, 3.8) is 0 Å². The lowest BCUT2D eigenvalue weighted by Gasteiger charge is -2.39. The fraction of sp³-hybridized carbons (Fsp3) is 0.367. The number of carbonyl (C=O) groups is 2. The summed E-state index contributed by atoms with van der Waals surface area (Å²) < 4.78 is 47.4. The molecule has 5 heterocycles. The van der Waals surface area contributed by atoms with Gasteiger partial charge in [-0.3, -0.25) is 19.0 Å². The number of pyridine rings is 1. The Morgan fingerprint density at radius 2 is 1.91 bits per heavy atom. The van der Waals surface area contributed by atoms with Crippen molar-refractivity contribution in [2.75, 3.05) is 36.9 Å². The molecule has 0 radical (unpaired) electrons. The van der Waals surface area contributed by atoms with Crippen LogP contribution in [0.3, 0.4) is 0 Å². The minimum absolute atomic E-state index is 0.0142. The average Bonchev–Trinajstić information content (AvgIpc) is 3.36. The van der Waals surface area contributed by atoms with Crippen LogP contribution in [0.5, 0.6) is 5.75 Å². The van der Waals surface area contributed by atoms with Crippen molar-refractivity contribution in [2.45, 2.75) is 45.3 Å². The van der Waals surface area contributed by atoms with Gasteiger partial charge in [0.2, 0.25) is 17.7 Å². The Morgan fingerprint density at radius 1 is 1.13 bits per heavy atom. The van der Waals surface area contributed by atoms with Gasteiger partial charge in [-0.05, 0) is 32.9 Å². The third-order valence-electron chi connectivity index (χ3n) is 8.33. The molecule has 1 unspecified atom stereocenters. The van der Waals surface area contributed by atoms with Crippen LogP contribution in [0.4, 0.5) is 24.7 Å². The van der Waals surface area contributed by atoms with Crippen molar-refractivity contribution in [2.24, 2.45) is 0 Å². The van der Waals surface area contributed by atoms with Crippen LogP contribution in [0, 0.1) is 17.6 Å². The molecule has 0 aliphatic carbocycles. The summed E-state index contributed by atoms with van der Waals surface area (Å²) in [5.41, 5.74) is -1.59. The Hall–Kier alpha value is -4.43. The van der Waals surface area contributed by atoms with Crippen LogP contribution in [-0.2, 0) is 24.3 Å². The molecule has 2 aliphatic heterocycles. The summed E-state index contributed by atoms with van der Waals surface area (Å²) in [5.74, 6) is -5.14. The van der Waals surface area contributed by atoms with Crippen LogP contribution in [0.15, 0.2) is 23.1 Å². The molecule has 236 valence electrons. The Balaban J connectivity index is 1.41. The number of amides is 1. The first-order valence-corrected chi connectivity index (χ1v) is 14.8. The molecule has 2 N–H and O–H groups in total. The van der Waals surface area contributed by atoms with E-state index in [1.54, 1.807) is 0 Å². The summed E-state index contributed by atoms with van der Waals surface area (Å²) >= 11 is 6.20. The number of phenolic OH excluding ortho intramolecular Hbond substituents is 1. The first kappa shape index (κ1) is 30.6. The van der Waals surface area contributed by atoms with E-state index in [1.807, 2.05) is 18.9 Å². The molecule has 1 atom stereocenters. The Morgan fingerprint density at radius 3 is 2.64 bits per heavy atom. The van der Waals surface area contributed by atoms with E-state index in [4.69, 9.17) is 11.6 Å². The normalized spacial score (nSPS) is 17.0. The smallest absolute Gasteiger partial charge is 0.263 e. The van der Waals surface area contributed by atoms with E-state index in [0.29, 0.717) is 37.6 Å². The van der Waals surface area contributed by atoms with Crippen LogP contribution < -0.4 is 15.8 Å². The Labute approximate surface area is 259 Å². The second kappa shape index (κ2) is 11.8. The van der Waals surface area contributed by atoms with Crippen LogP contribution >= 0.6 is 11.6 Å². The summed E-state index contributed by atoms with van der Waals surface area (Å²) in [6.07, 6.45) is 3.42. The highest BCUT2D eigenvalue weighted by Crippen LogP contribution is 2.36. The van der Waals surface area contributed by atoms with Gasteiger partial charge >= 0.3 is 0 Å². The van der Waals surface area contributed by atoms with E-state index in [2.05, 4.69) is 20.2 Å². The summed E-state index contributed by atoms with van der Waals surface area (Å²) in [6.45, 7) is 3.93. The van der Waals surface area contributed by atoms with Crippen LogP contribution in [-0.4, -0.2) is 74.0 Å². The number of anilines is 2. The molecular weight excluding hydrogens is 615 g/mol. The van der Waals surface area contributed by atoms with Crippen molar-refractivity contribution >= 4 is 46.3 Å². The SMILES string of the molecule is CC1CN(C)CCN1c1cc(NC(=O)Cn2cc(-c3cc(C=O)c(O)c(F)c3F)c3c(=O)n4c(nc32)CCCC4)c(Cl)c(F)n1. The molecule has 0 bridgehead atoms. The molecule has 1 amide bonds. The number of aromatic hydroxyl groups is 1. The van der Waals surface area contributed by atoms with E-state index >= 15 is 4.39 Å². The van der Waals surface area contributed by atoms with E-state index in [0.717, 1.165) is 25.6 Å². The van der Waals surface area contributed by atoms with Gasteiger partial charge in [0.05, 0.1) is 16.6 Å². The number of fused-ring (bicyclic) bond motifs is 2. The molecule has 4 aromatic rings. The van der Waals surface area contributed by atoms with Crippen molar-refractivity contribution in [1.29, 1.82) is 0 Å². The predicted octanol–water partition coefficient (Wildman–Crippen LogP) is 3.96. The highest BCUT2D eigenvalue weighted by atomic mass is 35.5. The van der Waals surface area contributed by atoms with E-state index < -0.39 is 52.5 Å². The molecule has 1 fully saturated rings. The Kier molecular flexibility index (Phi) is 8.04. The van der Waals surface area contributed by atoms with E-state index in [1.165, 1.54) is 21.4 Å². The van der Waals surface area contributed by atoms with E-state index in [-0.39, 0.29) is 39.6 Å². The van der Waals surface area contributed by atoms with Gasteiger partial charge in [-0.1, -0.05) is 11.6 Å². The quantitative estimate of drug-likeness (QED) is 0.239. The van der Waals surface area contributed by atoms with E-state index in [9.17, 15) is 28.3 Å². The highest BCUT2D eigenvalue weighted by Gasteiger charge is 2.28. The number of hydrogen-bond donors (Lipinski definition) is 2. The molecule has 11 nitrogen and oxygen atoms in total. The second-order valence-corrected chi connectivity index (χ2v) is 11.8. The maximum absolute atomic E-state index is 15.2. The predicted molar refractivity (Wildman–Crippen MR) is 161 cm³/mol. The second-order valence-electron chi connectivity index (χ2n) is 11.4. The number of aldehydes is 1. The first-order valence-electron chi connectivity index (χ1n) is 14.4. The van der Waals surface area contributed by atoms with Gasteiger partial charge < -0.3 is 24.8 Å². The summed E-state index contributed by atoms with van der Waals surface area (Å²) in [4.78, 5) is 51.2. The van der Waals surface area contributed by atoms with Gasteiger partial charge in [-0.25, -0.2) is 14.4 Å². The fourth-order valence-corrected chi connectivity index (χ4v) is 6.22. The molecule has 45 heavy (non-hydrogen) atoms. The van der Waals surface area contributed by atoms with Crippen molar-refractivity contribution in [1.82, 2.24) is 24.0 Å². The number of benzene rings is 1. The monoisotopic (exact) mass is 643 g/mol. The minimum atomic E-state index is -1.65. The van der Waals surface area contributed by atoms with Gasteiger partial charge in [0.25, 0.3) is 5.56 Å². The molecule has 3 aromatic heterocycles. The zero-order valence-electron chi connectivity index (χ0n) is 24.4. The lowest BCUT2D eigenvalue weighted by Crippen LogP contribution is -2.50. The largest absolute Gasteiger partial charge is 0.504 e. The number of piperazine rings is 1. The lowest BCUT2D eigenvalue weighted by atomic mass is 10.0. The number of likely N-dealkylation sites (N-methyl/N-ethyl adjacent to an activating group) is 1. The molecule has 2 aliphatic rings. The number of aryl methyl sites for hydroxylation is 1. The van der Waals surface area contributed by atoms with Crippen molar-refractivity contribution in [3.8, 4) is 16.9 Å². The molecule has 0 spiro atoms. The molecular formula is C30H29ClF3N7O4. The zero-order chi connectivity index (χ0) is 32.2. The van der Waals surface area contributed by atoms with Crippen LogP contribution in [0.2, 0.25) is 5.02 Å². The molecule has 0 saturated carbocycles. The summed E-state index contributed by atoms with van der Waals surface area (Å²) in [6, 6.07) is 2.44. The third-order valence-corrected chi connectivity index (χ3v) is 8.69. The molecule has 6 rings (SSSR count). The van der Waals surface area contributed by atoms with Crippen LogP contribution in [0.1, 0.15) is 35.9 Å². The number of halogens is 4. The van der Waals surface area contributed by atoms with Crippen LogP contribution in [0.25, 0.3) is 22.2 Å². The Bertz CT molecular complexity index is 1930. The van der Waals surface area contributed by atoms with Gasteiger partial charge in [0.15, 0.2) is 17.9 Å². The van der Waals surface area contributed by atoms with Gasteiger partial charge in [-0.15, -0.1) is 0 Å². The van der Waals surface area contributed by atoms with Gasteiger partial charge in [0, 0.05) is 62.0 Å². The number of carbonyl (C=O) groups excluding carboxylic acids is 2. The molecule has 1 saturated heterocycles. The topological polar surface area (TPSA) is 126 Å². The highest BCUT2D eigenvalue weighted by molar-refractivity contribution is 6.33. The first-order chi connectivity index (χ1) is 21.5. The minimum Gasteiger partial charge on any atom is -0.504 e. The standard InChI is InChI=1S/C30H29ClF3N7O4/c1-15-11-38(2)7-8-40(15)21-10-19(24(31)28(34)36-21)35-22(43)13-39-12-18(17-9-16(14-42)27(44)26(33)25(17)32)23-29(39)37-20-5-3-4-6-41(20)30(23)45/h9-10,12,14-15,44H,3-8,11,13H2,1-2H3,(H,35,36,43). The van der Waals surface area contributed by atoms with Gasteiger partial charge in [0.1, 0.15) is 28.9 Å². The van der Waals surface area contributed by atoms with Gasteiger partial charge in [-0.2, -0.15) is 8.78 Å². The number of hydrogen-bond acceptors (Lipinski definition) is 8. The summed E-state index contributed by atoms with van der Waals surface area (Å²) in [7, 11) is 1.98. The zero-order valence-corrected chi connectivity index (χ0v) is 25.2. The van der Waals surface area contributed by atoms with Crippen molar-refractivity contribution in [3.05, 3.63) is 62.7 Å². The number of nitrogens with one attached hydrogen (secondary N) is 1. The number of nitrogens with zero attached hydrogens (tertiary/aromatic N) is 6. The molecule has 1 aromatic carbocycles.